The number of alkyl halides is 3. The molecule has 0 spiro atoms. The van der Waals surface area contributed by atoms with Gasteiger partial charge in [0.05, 0.1) is 0 Å². The second kappa shape index (κ2) is 6.70. The lowest BCUT2D eigenvalue weighted by atomic mass is 9.91. The van der Waals surface area contributed by atoms with Gasteiger partial charge < -0.3 is 0 Å². The monoisotopic (exact) mass is 383 g/mol. The molecule has 7 heteroatoms. The molecule has 1 N–H and O–H groups in total. The molecule has 26 heavy (non-hydrogen) atoms. The summed E-state index contributed by atoms with van der Waals surface area (Å²) in [5, 5.41) is 0. The lowest BCUT2D eigenvalue weighted by Crippen LogP contribution is -2.40. The third kappa shape index (κ3) is 3.94. The zero-order valence-corrected chi connectivity index (χ0v) is 15.1. The number of hydrogen-bond donors (Lipinski definition) is 1. The molecule has 1 aliphatic rings. The van der Waals surface area contributed by atoms with Gasteiger partial charge in [-0.25, -0.2) is 13.1 Å². The van der Waals surface area contributed by atoms with Crippen LogP contribution in [0.15, 0.2) is 54.6 Å². The van der Waals surface area contributed by atoms with Gasteiger partial charge in [0.2, 0.25) is 0 Å². The Morgan fingerprint density at radius 1 is 1.08 bits per heavy atom. The number of halogens is 3. The molecule has 0 saturated heterocycles. The average molecular weight is 383 g/mol. The number of rotatable bonds is 6. The number of nitrogens with one attached hydrogen (secondary N) is 1. The summed E-state index contributed by atoms with van der Waals surface area (Å²) in [6.45, 7) is 1.73. The Bertz CT molecular complexity index is 864. The molecule has 3 nitrogen and oxygen atoms in total. The molecule has 0 heterocycles. The predicted molar refractivity (Wildman–Crippen MR) is 94.1 cm³/mol. The van der Waals surface area contributed by atoms with Gasteiger partial charge in [-0.1, -0.05) is 60.2 Å². The molecule has 1 aliphatic carbocycles. The maximum atomic E-state index is 12.7. The minimum Gasteiger partial charge on any atom is -0.207 e. The Morgan fingerprint density at radius 2 is 1.69 bits per heavy atom. The van der Waals surface area contributed by atoms with Crippen LogP contribution < -0.4 is 4.72 Å². The number of benzene rings is 2. The summed E-state index contributed by atoms with van der Waals surface area (Å²) >= 11 is 0. The van der Waals surface area contributed by atoms with E-state index in [1.165, 1.54) is 0 Å². The number of aryl methyl sites for hydroxylation is 1. The molecular formula is C19H20F3NO2S. The van der Waals surface area contributed by atoms with Gasteiger partial charge in [0.1, 0.15) is 0 Å². The highest BCUT2D eigenvalue weighted by molar-refractivity contribution is 7.90. The Hall–Kier alpha value is -1.86. The van der Waals surface area contributed by atoms with Crippen LogP contribution in [0.5, 0.6) is 0 Å². The van der Waals surface area contributed by atoms with Crippen molar-refractivity contribution in [2.45, 2.75) is 31.2 Å². The van der Waals surface area contributed by atoms with Crippen LogP contribution in [0, 0.1) is 12.3 Å². The van der Waals surface area contributed by atoms with Crippen molar-refractivity contribution in [3.8, 4) is 0 Å². The second-order valence-electron chi connectivity index (χ2n) is 6.96. The van der Waals surface area contributed by atoms with Crippen LogP contribution >= 0.6 is 0 Å². The molecule has 3 rings (SSSR count). The summed E-state index contributed by atoms with van der Waals surface area (Å²) in [7, 11) is -5.35. The maximum absolute atomic E-state index is 12.7. The highest BCUT2D eigenvalue weighted by atomic mass is 32.2. The highest BCUT2D eigenvalue weighted by Crippen LogP contribution is 2.60. The summed E-state index contributed by atoms with van der Waals surface area (Å²) in [5.41, 5.74) is -2.74. The molecule has 140 valence electrons. The van der Waals surface area contributed by atoms with Crippen molar-refractivity contribution >= 4 is 10.0 Å². The van der Waals surface area contributed by atoms with Crippen molar-refractivity contribution in [2.24, 2.45) is 5.41 Å². The zero-order valence-electron chi connectivity index (χ0n) is 14.3. The van der Waals surface area contributed by atoms with Gasteiger partial charge in [-0.2, -0.15) is 13.2 Å². The smallest absolute Gasteiger partial charge is 0.207 e. The normalized spacial score (nSPS) is 23.0. The molecule has 2 atom stereocenters. The molecular weight excluding hydrogens is 363 g/mol. The lowest BCUT2D eigenvalue weighted by molar-refractivity contribution is -0.0448. The average Bonchev–Trinajstić information content (AvgIpc) is 3.28. The first-order chi connectivity index (χ1) is 12.1. The van der Waals surface area contributed by atoms with E-state index in [1.54, 1.807) is 4.72 Å². The standard InChI is InChI=1S/C19H20F3NO2S/c1-14-7-9-16(10-8-14)17-12-18(17,11-15-5-3-2-4-6-15)13-23-26(24,25)19(20,21)22/h2-10,17,23H,11-13H2,1H3/t17-,18+/m0/s1. The zero-order chi connectivity index (χ0) is 19.0. The molecule has 0 amide bonds. The van der Waals surface area contributed by atoms with Gasteiger partial charge in [0.15, 0.2) is 0 Å². The van der Waals surface area contributed by atoms with E-state index in [0.29, 0.717) is 12.8 Å². The number of sulfonamides is 1. The van der Waals surface area contributed by atoms with Gasteiger partial charge >= 0.3 is 15.5 Å². The van der Waals surface area contributed by atoms with Crippen LogP contribution in [0.3, 0.4) is 0 Å². The quantitative estimate of drug-likeness (QED) is 0.815. The predicted octanol–water partition coefficient (Wildman–Crippen LogP) is 4.15. The first kappa shape index (κ1) is 18.9. The molecule has 0 aromatic heterocycles. The van der Waals surface area contributed by atoms with Crippen LogP contribution in [0.1, 0.15) is 29.0 Å². The number of hydrogen-bond acceptors (Lipinski definition) is 2. The summed E-state index contributed by atoms with van der Waals surface area (Å²) in [4.78, 5) is 0. The minimum absolute atomic E-state index is 0.0271. The molecule has 0 aliphatic heterocycles. The fraction of sp³-hybridized carbons (Fsp3) is 0.368. The third-order valence-electron chi connectivity index (χ3n) is 4.99. The SMILES string of the molecule is Cc1ccc([C@@H]2C[C@@]2(CNS(=O)(=O)C(F)(F)F)Cc2ccccc2)cc1. The third-order valence-corrected chi connectivity index (χ3v) is 6.12. The van der Waals surface area contributed by atoms with Gasteiger partial charge in [0, 0.05) is 6.54 Å². The van der Waals surface area contributed by atoms with Crippen LogP contribution in [0.2, 0.25) is 0 Å². The van der Waals surface area contributed by atoms with Crippen molar-refractivity contribution in [3.63, 3.8) is 0 Å². The second-order valence-corrected chi connectivity index (χ2v) is 8.72. The summed E-state index contributed by atoms with van der Waals surface area (Å²) < 4.78 is 62.7. The van der Waals surface area contributed by atoms with Gasteiger partial charge in [-0.15, -0.1) is 0 Å². The highest BCUT2D eigenvalue weighted by Gasteiger charge is 2.56. The van der Waals surface area contributed by atoms with Gasteiger partial charge in [-0.05, 0) is 42.2 Å². The first-order valence-corrected chi connectivity index (χ1v) is 9.78. The van der Waals surface area contributed by atoms with Crippen molar-refractivity contribution < 1.29 is 21.6 Å². The van der Waals surface area contributed by atoms with Gasteiger partial charge in [-0.3, -0.25) is 0 Å². The van der Waals surface area contributed by atoms with E-state index in [4.69, 9.17) is 0 Å². The van der Waals surface area contributed by atoms with E-state index in [0.717, 1.165) is 16.7 Å². The van der Waals surface area contributed by atoms with E-state index in [1.807, 2.05) is 61.5 Å². The Labute approximate surface area is 151 Å². The fourth-order valence-electron chi connectivity index (χ4n) is 3.39. The van der Waals surface area contributed by atoms with E-state index in [9.17, 15) is 21.6 Å². The molecule has 2 aromatic rings. The fourth-order valence-corrected chi connectivity index (χ4v) is 4.04. The largest absolute Gasteiger partial charge is 0.511 e. The summed E-state index contributed by atoms with van der Waals surface area (Å²) in [5.74, 6) is 0.0271. The van der Waals surface area contributed by atoms with Gasteiger partial charge in [0.25, 0.3) is 0 Å². The first-order valence-electron chi connectivity index (χ1n) is 8.29. The maximum Gasteiger partial charge on any atom is 0.511 e. The molecule has 0 unspecified atom stereocenters. The minimum atomic E-state index is -5.35. The lowest BCUT2D eigenvalue weighted by Gasteiger charge is -2.20. The summed E-state index contributed by atoms with van der Waals surface area (Å²) in [6, 6.07) is 17.3. The molecule has 2 aromatic carbocycles. The van der Waals surface area contributed by atoms with Crippen LogP contribution in [0.25, 0.3) is 0 Å². The molecule has 1 fully saturated rings. The van der Waals surface area contributed by atoms with E-state index in [-0.39, 0.29) is 12.5 Å². The van der Waals surface area contributed by atoms with Crippen LogP contribution in [-0.4, -0.2) is 20.5 Å². The van der Waals surface area contributed by atoms with E-state index < -0.39 is 20.9 Å². The molecule has 0 bridgehead atoms. The van der Waals surface area contributed by atoms with Crippen molar-refractivity contribution in [1.29, 1.82) is 0 Å². The summed E-state index contributed by atoms with van der Waals surface area (Å²) in [6.07, 6.45) is 1.16. The van der Waals surface area contributed by atoms with E-state index in [2.05, 4.69) is 0 Å². The van der Waals surface area contributed by atoms with Crippen molar-refractivity contribution in [2.75, 3.05) is 6.54 Å². The molecule has 0 radical (unpaired) electrons. The molecule has 1 saturated carbocycles. The van der Waals surface area contributed by atoms with Crippen LogP contribution in [0.4, 0.5) is 13.2 Å². The topological polar surface area (TPSA) is 46.2 Å². The van der Waals surface area contributed by atoms with Crippen molar-refractivity contribution in [1.82, 2.24) is 4.72 Å². The van der Waals surface area contributed by atoms with E-state index >= 15 is 0 Å². The van der Waals surface area contributed by atoms with Crippen molar-refractivity contribution in [3.05, 3.63) is 71.3 Å². The van der Waals surface area contributed by atoms with Crippen LogP contribution in [-0.2, 0) is 16.4 Å². The Balaban J connectivity index is 1.83. The Morgan fingerprint density at radius 3 is 2.27 bits per heavy atom. The Kier molecular flexibility index (Phi) is 4.88.